The normalized spacial score (nSPS) is 12.5. The molecule has 80 valence electrons. The van der Waals surface area contributed by atoms with Gasteiger partial charge in [0, 0.05) is 23.1 Å². The zero-order valence-corrected chi connectivity index (χ0v) is 10.6. The fourth-order valence-electron chi connectivity index (χ4n) is 1.20. The third kappa shape index (κ3) is 8.63. The van der Waals surface area contributed by atoms with Crippen molar-refractivity contribution >= 4 is 11.8 Å². The van der Waals surface area contributed by atoms with Crippen molar-refractivity contribution in [3.8, 4) is 0 Å². The van der Waals surface area contributed by atoms with Crippen molar-refractivity contribution in [1.82, 2.24) is 5.32 Å². The van der Waals surface area contributed by atoms with Gasteiger partial charge in [0.15, 0.2) is 0 Å². The van der Waals surface area contributed by atoms with Gasteiger partial charge in [-0.25, -0.2) is 0 Å². The van der Waals surface area contributed by atoms with Gasteiger partial charge in [-0.3, -0.25) is 0 Å². The summed E-state index contributed by atoms with van der Waals surface area (Å²) in [5.41, 5.74) is 0. The molecule has 2 heteroatoms. The fourth-order valence-corrected chi connectivity index (χ4v) is 2.03. The minimum atomic E-state index is 0.412. The lowest BCUT2D eigenvalue weighted by Gasteiger charge is -2.19. The predicted molar refractivity (Wildman–Crippen MR) is 64.6 cm³/mol. The van der Waals surface area contributed by atoms with Crippen molar-refractivity contribution in [3.63, 3.8) is 0 Å². The van der Waals surface area contributed by atoms with Gasteiger partial charge in [0.05, 0.1) is 0 Å². The molecule has 1 nitrogen and oxygen atoms in total. The van der Waals surface area contributed by atoms with Crippen molar-refractivity contribution in [1.29, 1.82) is 0 Å². The molecule has 0 aliphatic rings. The maximum absolute atomic E-state index is 3.57. The Morgan fingerprint density at radius 1 is 1.15 bits per heavy atom. The third-order valence-corrected chi connectivity index (χ3v) is 3.33. The van der Waals surface area contributed by atoms with Crippen molar-refractivity contribution in [2.24, 2.45) is 0 Å². The maximum atomic E-state index is 3.57. The molecule has 0 amide bonds. The van der Waals surface area contributed by atoms with E-state index in [1.165, 1.54) is 18.6 Å². The fraction of sp³-hybridized carbons (Fsp3) is 1.00. The molecule has 0 spiro atoms. The van der Waals surface area contributed by atoms with Gasteiger partial charge in [-0.1, -0.05) is 34.6 Å². The minimum absolute atomic E-state index is 0.412. The number of hydrogen-bond donors (Lipinski definition) is 1. The van der Waals surface area contributed by atoms with E-state index in [0.717, 1.165) is 12.6 Å². The first-order valence-corrected chi connectivity index (χ1v) is 6.35. The summed E-state index contributed by atoms with van der Waals surface area (Å²) in [5, 5.41) is 3.57. The van der Waals surface area contributed by atoms with Crippen molar-refractivity contribution in [2.75, 3.05) is 12.3 Å². The molecular formula is C11H25NS. The van der Waals surface area contributed by atoms with E-state index < -0.39 is 0 Å². The summed E-state index contributed by atoms with van der Waals surface area (Å²) in [4.78, 5) is 0. The highest BCUT2D eigenvalue weighted by Gasteiger charge is 2.09. The second kappa shape index (κ2) is 6.72. The number of thioether (sulfide) groups is 1. The van der Waals surface area contributed by atoms with Gasteiger partial charge in [-0.05, 0) is 12.8 Å². The van der Waals surface area contributed by atoms with Gasteiger partial charge in [0.25, 0.3) is 0 Å². The topological polar surface area (TPSA) is 12.0 Å². The van der Waals surface area contributed by atoms with E-state index in [4.69, 9.17) is 0 Å². The molecule has 0 aliphatic carbocycles. The average Bonchev–Trinajstić information content (AvgIpc) is 2.03. The molecule has 0 saturated heterocycles. The van der Waals surface area contributed by atoms with Crippen LogP contribution in [0.4, 0.5) is 0 Å². The highest BCUT2D eigenvalue weighted by molar-refractivity contribution is 8.00. The molecule has 0 saturated carbocycles. The minimum Gasteiger partial charge on any atom is -0.313 e. The molecule has 1 N–H and O–H groups in total. The predicted octanol–water partition coefficient (Wildman–Crippen LogP) is 3.30. The second-order valence-electron chi connectivity index (χ2n) is 4.43. The van der Waals surface area contributed by atoms with E-state index in [9.17, 15) is 0 Å². The van der Waals surface area contributed by atoms with Gasteiger partial charge in [-0.15, -0.1) is 0 Å². The van der Waals surface area contributed by atoms with Crippen LogP contribution in [0.5, 0.6) is 0 Å². The van der Waals surface area contributed by atoms with Crippen LogP contribution in [0, 0.1) is 0 Å². The Balaban J connectivity index is 3.34. The van der Waals surface area contributed by atoms with E-state index in [2.05, 4.69) is 39.9 Å². The zero-order chi connectivity index (χ0) is 10.3. The molecule has 0 aromatic rings. The summed E-state index contributed by atoms with van der Waals surface area (Å²) >= 11 is 2.03. The van der Waals surface area contributed by atoms with Crippen molar-refractivity contribution in [3.05, 3.63) is 0 Å². The molecule has 0 aromatic heterocycles. The van der Waals surface area contributed by atoms with E-state index in [0.29, 0.717) is 4.75 Å². The van der Waals surface area contributed by atoms with Crippen LogP contribution in [0.1, 0.15) is 47.5 Å². The summed E-state index contributed by atoms with van der Waals surface area (Å²) in [6, 6.07) is 0.723. The van der Waals surface area contributed by atoms with E-state index in [-0.39, 0.29) is 0 Å². The quantitative estimate of drug-likeness (QED) is 0.665. The highest BCUT2D eigenvalue weighted by Crippen LogP contribution is 2.22. The van der Waals surface area contributed by atoms with Crippen LogP contribution in [0.2, 0.25) is 0 Å². The van der Waals surface area contributed by atoms with Crippen molar-refractivity contribution < 1.29 is 0 Å². The molecule has 0 bridgehead atoms. The van der Waals surface area contributed by atoms with Crippen LogP contribution < -0.4 is 5.32 Å². The summed E-state index contributed by atoms with van der Waals surface area (Å²) < 4.78 is 0.412. The Bertz CT molecular complexity index is 114. The average molecular weight is 203 g/mol. The first-order valence-electron chi connectivity index (χ1n) is 5.37. The monoisotopic (exact) mass is 203 g/mol. The summed E-state index contributed by atoms with van der Waals surface area (Å²) in [5.74, 6) is 1.22. The van der Waals surface area contributed by atoms with Gasteiger partial charge >= 0.3 is 0 Å². The van der Waals surface area contributed by atoms with Gasteiger partial charge in [0.2, 0.25) is 0 Å². The van der Waals surface area contributed by atoms with E-state index in [1.807, 2.05) is 11.8 Å². The molecule has 13 heavy (non-hydrogen) atoms. The first kappa shape index (κ1) is 13.3. The SMILES string of the molecule is CCC(CC)NCCSC(C)(C)C. The Kier molecular flexibility index (Phi) is 6.88. The smallest absolute Gasteiger partial charge is 0.00755 e. The molecule has 0 aliphatic heterocycles. The van der Waals surface area contributed by atoms with Crippen LogP contribution in [0.3, 0.4) is 0 Å². The number of nitrogens with one attached hydrogen (secondary N) is 1. The summed E-state index contributed by atoms with van der Waals surface area (Å²) in [6.45, 7) is 12.5. The molecule has 0 atom stereocenters. The molecule has 0 rings (SSSR count). The summed E-state index contributed by atoms with van der Waals surface area (Å²) in [7, 11) is 0. The largest absolute Gasteiger partial charge is 0.313 e. The van der Waals surface area contributed by atoms with Gasteiger partial charge < -0.3 is 5.32 Å². The van der Waals surface area contributed by atoms with Gasteiger partial charge in [0.1, 0.15) is 0 Å². The summed E-state index contributed by atoms with van der Waals surface area (Å²) in [6.07, 6.45) is 2.49. The Morgan fingerprint density at radius 3 is 2.08 bits per heavy atom. The first-order chi connectivity index (χ1) is 5.99. The molecule has 0 aromatic carbocycles. The van der Waals surface area contributed by atoms with Crippen molar-refractivity contribution in [2.45, 2.75) is 58.2 Å². The van der Waals surface area contributed by atoms with Crippen LogP contribution in [-0.4, -0.2) is 23.1 Å². The number of rotatable bonds is 6. The Labute approximate surface area is 88.1 Å². The Hall–Kier alpha value is 0.310. The molecule has 0 heterocycles. The van der Waals surface area contributed by atoms with Crippen LogP contribution in [-0.2, 0) is 0 Å². The molecule has 0 fully saturated rings. The lowest BCUT2D eigenvalue weighted by molar-refractivity contribution is 0.501. The standard InChI is InChI=1S/C11H25NS/c1-6-10(7-2)12-8-9-13-11(3,4)5/h10,12H,6-9H2,1-5H3. The molecular weight excluding hydrogens is 178 g/mol. The van der Waals surface area contributed by atoms with E-state index >= 15 is 0 Å². The second-order valence-corrected chi connectivity index (χ2v) is 6.35. The van der Waals surface area contributed by atoms with Gasteiger partial charge in [-0.2, -0.15) is 11.8 Å². The lowest BCUT2D eigenvalue weighted by atomic mass is 10.2. The third-order valence-electron chi connectivity index (χ3n) is 2.06. The van der Waals surface area contributed by atoms with Crippen LogP contribution in [0.25, 0.3) is 0 Å². The molecule has 0 unspecified atom stereocenters. The zero-order valence-electron chi connectivity index (χ0n) is 9.81. The molecule has 0 radical (unpaired) electrons. The maximum Gasteiger partial charge on any atom is 0.00755 e. The lowest BCUT2D eigenvalue weighted by Crippen LogP contribution is -2.30. The Morgan fingerprint density at radius 2 is 1.69 bits per heavy atom. The van der Waals surface area contributed by atoms with Crippen LogP contribution >= 0.6 is 11.8 Å². The van der Waals surface area contributed by atoms with Crippen LogP contribution in [0.15, 0.2) is 0 Å². The van der Waals surface area contributed by atoms with E-state index in [1.54, 1.807) is 0 Å². The highest BCUT2D eigenvalue weighted by atomic mass is 32.2. The number of hydrogen-bond acceptors (Lipinski definition) is 2.